The first-order chi connectivity index (χ1) is 8.10. The van der Waals surface area contributed by atoms with E-state index in [0.717, 1.165) is 19.5 Å². The number of hydrogen-bond donors (Lipinski definition) is 2. The van der Waals surface area contributed by atoms with E-state index in [0.29, 0.717) is 6.04 Å². The van der Waals surface area contributed by atoms with Crippen LogP contribution in [-0.2, 0) is 0 Å². The predicted octanol–water partition coefficient (Wildman–Crippen LogP) is 2.44. The molecule has 1 rings (SSSR count). The number of nitrogens with zero attached hydrogens (tertiary/aromatic N) is 1. The first kappa shape index (κ1) is 14.7. The number of hydrogen-bond acceptors (Lipinski definition) is 3. The lowest BCUT2D eigenvalue weighted by atomic mass is 9.83. The van der Waals surface area contributed by atoms with E-state index in [1.807, 2.05) is 0 Å². The summed E-state index contributed by atoms with van der Waals surface area (Å²) in [7, 11) is 0. The molecule has 0 aliphatic heterocycles. The highest BCUT2D eigenvalue weighted by Crippen LogP contribution is 2.39. The first-order valence-corrected chi connectivity index (χ1v) is 6.96. The van der Waals surface area contributed by atoms with Gasteiger partial charge in [0.15, 0.2) is 0 Å². The van der Waals surface area contributed by atoms with E-state index in [9.17, 15) is 0 Å². The van der Waals surface area contributed by atoms with Crippen molar-refractivity contribution in [2.75, 3.05) is 13.1 Å². The molecule has 100 valence electrons. The molecule has 0 saturated heterocycles. The van der Waals surface area contributed by atoms with Crippen LogP contribution in [0, 0.1) is 0 Å². The number of hydrazine groups is 1. The Morgan fingerprint density at radius 2 is 1.88 bits per heavy atom. The van der Waals surface area contributed by atoms with Gasteiger partial charge in [0.2, 0.25) is 0 Å². The highest BCUT2D eigenvalue weighted by Gasteiger charge is 2.44. The summed E-state index contributed by atoms with van der Waals surface area (Å²) in [6.45, 7) is 12.8. The van der Waals surface area contributed by atoms with Crippen LogP contribution in [0.2, 0.25) is 0 Å². The second kappa shape index (κ2) is 6.53. The van der Waals surface area contributed by atoms with Crippen LogP contribution in [0.25, 0.3) is 0 Å². The zero-order valence-electron chi connectivity index (χ0n) is 11.8. The molecule has 0 radical (unpaired) electrons. The average Bonchev–Trinajstić information content (AvgIpc) is 2.77. The van der Waals surface area contributed by atoms with Crippen molar-refractivity contribution in [2.45, 2.75) is 64.5 Å². The largest absolute Gasteiger partial charge is 0.297 e. The Morgan fingerprint density at radius 3 is 2.24 bits per heavy atom. The minimum atomic E-state index is 0.247. The number of rotatable bonds is 7. The summed E-state index contributed by atoms with van der Waals surface area (Å²) in [4.78, 5) is 2.59. The summed E-state index contributed by atoms with van der Waals surface area (Å²) in [5.74, 6) is 5.82. The van der Waals surface area contributed by atoms with Crippen molar-refractivity contribution < 1.29 is 0 Å². The van der Waals surface area contributed by atoms with E-state index in [4.69, 9.17) is 5.84 Å². The van der Waals surface area contributed by atoms with Crippen molar-refractivity contribution in [1.82, 2.24) is 10.3 Å². The lowest BCUT2D eigenvalue weighted by molar-refractivity contribution is 0.0630. The van der Waals surface area contributed by atoms with Crippen molar-refractivity contribution in [3.63, 3.8) is 0 Å². The Hall–Kier alpha value is -0.380. The normalized spacial score (nSPS) is 20.8. The first-order valence-electron chi connectivity index (χ1n) is 6.96. The zero-order chi connectivity index (χ0) is 12.9. The van der Waals surface area contributed by atoms with Gasteiger partial charge in [0.1, 0.15) is 0 Å². The van der Waals surface area contributed by atoms with Gasteiger partial charge in [0.05, 0.1) is 0 Å². The van der Waals surface area contributed by atoms with Gasteiger partial charge in [-0.1, -0.05) is 32.3 Å². The molecule has 0 amide bonds. The molecule has 0 heterocycles. The third-order valence-corrected chi connectivity index (χ3v) is 4.27. The standard InChI is InChI=1S/C14H29N3/c1-5-17(6-2)14(9-7-8-10-14)13(16-15)11-12(3)4/h13,16H,3,5-11,15H2,1-2,4H3. The Kier molecular flexibility index (Phi) is 5.63. The second-order valence-corrected chi connectivity index (χ2v) is 5.36. The molecule has 0 aromatic heterocycles. The zero-order valence-corrected chi connectivity index (χ0v) is 11.8. The Bertz CT molecular complexity index is 240. The van der Waals surface area contributed by atoms with E-state index >= 15 is 0 Å². The highest BCUT2D eigenvalue weighted by atomic mass is 15.3. The van der Waals surface area contributed by atoms with Crippen LogP contribution in [0.4, 0.5) is 0 Å². The van der Waals surface area contributed by atoms with Crippen LogP contribution in [0.3, 0.4) is 0 Å². The molecule has 3 nitrogen and oxygen atoms in total. The molecular formula is C14H29N3. The van der Waals surface area contributed by atoms with Gasteiger partial charge in [0.25, 0.3) is 0 Å². The SMILES string of the molecule is C=C(C)CC(NN)C1(N(CC)CC)CCCC1. The number of likely N-dealkylation sites (N-methyl/N-ethyl adjacent to an activating group) is 1. The van der Waals surface area contributed by atoms with E-state index in [2.05, 4.69) is 37.7 Å². The molecule has 1 atom stereocenters. The van der Waals surface area contributed by atoms with Gasteiger partial charge in [-0.2, -0.15) is 0 Å². The van der Waals surface area contributed by atoms with Crippen LogP contribution in [0.15, 0.2) is 12.2 Å². The van der Waals surface area contributed by atoms with Gasteiger partial charge in [-0.25, -0.2) is 0 Å². The van der Waals surface area contributed by atoms with Crippen LogP contribution in [0.1, 0.15) is 52.9 Å². The monoisotopic (exact) mass is 239 g/mol. The molecule has 0 bridgehead atoms. The molecule has 1 unspecified atom stereocenters. The summed E-state index contributed by atoms with van der Waals surface area (Å²) in [5, 5.41) is 0. The van der Waals surface area contributed by atoms with Crippen molar-refractivity contribution in [3.05, 3.63) is 12.2 Å². The summed E-state index contributed by atoms with van der Waals surface area (Å²) in [5.41, 5.74) is 4.52. The minimum Gasteiger partial charge on any atom is -0.297 e. The van der Waals surface area contributed by atoms with Gasteiger partial charge < -0.3 is 0 Å². The van der Waals surface area contributed by atoms with Crippen LogP contribution >= 0.6 is 0 Å². The van der Waals surface area contributed by atoms with Crippen molar-refractivity contribution in [3.8, 4) is 0 Å². The topological polar surface area (TPSA) is 41.3 Å². The lowest BCUT2D eigenvalue weighted by Gasteiger charge is -2.46. The second-order valence-electron chi connectivity index (χ2n) is 5.36. The molecular weight excluding hydrogens is 210 g/mol. The lowest BCUT2D eigenvalue weighted by Crippen LogP contribution is -2.61. The van der Waals surface area contributed by atoms with E-state index in [-0.39, 0.29) is 5.54 Å². The fourth-order valence-corrected chi connectivity index (χ4v) is 3.48. The maximum absolute atomic E-state index is 5.82. The summed E-state index contributed by atoms with van der Waals surface area (Å²) < 4.78 is 0. The number of nitrogens with two attached hydrogens (primary N) is 1. The maximum Gasteiger partial charge on any atom is 0.0431 e. The predicted molar refractivity (Wildman–Crippen MR) is 74.7 cm³/mol. The molecule has 1 fully saturated rings. The fourth-order valence-electron chi connectivity index (χ4n) is 3.48. The van der Waals surface area contributed by atoms with Crippen LogP contribution in [0.5, 0.6) is 0 Å². The molecule has 0 aromatic rings. The summed E-state index contributed by atoms with van der Waals surface area (Å²) >= 11 is 0. The molecule has 1 aliphatic rings. The third kappa shape index (κ3) is 3.09. The minimum absolute atomic E-state index is 0.247. The average molecular weight is 239 g/mol. The Labute approximate surface area is 106 Å². The fraction of sp³-hybridized carbons (Fsp3) is 0.857. The summed E-state index contributed by atoms with van der Waals surface area (Å²) in [6, 6.07) is 0.336. The van der Waals surface area contributed by atoms with E-state index in [1.54, 1.807) is 0 Å². The Morgan fingerprint density at radius 1 is 1.35 bits per heavy atom. The summed E-state index contributed by atoms with van der Waals surface area (Å²) in [6.07, 6.45) is 6.15. The molecule has 3 N–H and O–H groups in total. The van der Waals surface area contributed by atoms with Crippen molar-refractivity contribution in [2.24, 2.45) is 5.84 Å². The van der Waals surface area contributed by atoms with Gasteiger partial charge in [-0.15, -0.1) is 6.58 Å². The highest BCUT2D eigenvalue weighted by molar-refractivity contribution is 5.07. The van der Waals surface area contributed by atoms with Gasteiger partial charge in [-0.05, 0) is 39.3 Å². The van der Waals surface area contributed by atoms with E-state index in [1.165, 1.54) is 31.3 Å². The third-order valence-electron chi connectivity index (χ3n) is 4.27. The van der Waals surface area contributed by atoms with Gasteiger partial charge in [-0.3, -0.25) is 16.2 Å². The molecule has 0 aromatic carbocycles. The van der Waals surface area contributed by atoms with E-state index < -0.39 is 0 Å². The van der Waals surface area contributed by atoms with Crippen LogP contribution in [-0.4, -0.2) is 29.6 Å². The smallest absolute Gasteiger partial charge is 0.0431 e. The number of nitrogens with one attached hydrogen (secondary N) is 1. The molecule has 0 spiro atoms. The molecule has 1 aliphatic carbocycles. The Balaban J connectivity index is 2.91. The quantitative estimate of drug-likeness (QED) is 0.407. The maximum atomic E-state index is 5.82. The molecule has 17 heavy (non-hydrogen) atoms. The van der Waals surface area contributed by atoms with Gasteiger partial charge >= 0.3 is 0 Å². The van der Waals surface area contributed by atoms with Crippen LogP contribution < -0.4 is 11.3 Å². The molecule has 1 saturated carbocycles. The van der Waals surface area contributed by atoms with Crippen molar-refractivity contribution in [1.29, 1.82) is 0 Å². The van der Waals surface area contributed by atoms with Gasteiger partial charge in [0, 0.05) is 11.6 Å². The molecule has 3 heteroatoms. The van der Waals surface area contributed by atoms with Crippen molar-refractivity contribution >= 4 is 0 Å².